The van der Waals surface area contributed by atoms with Crippen LogP contribution in [0.1, 0.15) is 30.0 Å². The summed E-state index contributed by atoms with van der Waals surface area (Å²) in [6, 6.07) is 13.7. The standard InChI is InChI=1S/C21H25NO4/c1-15-9-10-19(20(12-15)25-3)26-14-21(23)22-11-5-8-18(22)16-6-4-7-17(13-16)24-2/h4,6-7,9-10,12-13,18H,5,8,11,14H2,1-3H3. The van der Waals surface area contributed by atoms with Gasteiger partial charge in [0.25, 0.3) is 5.91 Å². The molecule has 0 radical (unpaired) electrons. The highest BCUT2D eigenvalue weighted by atomic mass is 16.5. The Morgan fingerprint density at radius 1 is 1.12 bits per heavy atom. The fraction of sp³-hybridized carbons (Fsp3) is 0.381. The summed E-state index contributed by atoms with van der Waals surface area (Å²) in [7, 11) is 3.25. The van der Waals surface area contributed by atoms with Gasteiger partial charge in [0.2, 0.25) is 0 Å². The summed E-state index contributed by atoms with van der Waals surface area (Å²) in [4.78, 5) is 14.7. The van der Waals surface area contributed by atoms with Crippen LogP contribution in [0.4, 0.5) is 0 Å². The molecule has 1 aliphatic heterocycles. The molecule has 1 atom stereocenters. The van der Waals surface area contributed by atoms with E-state index in [9.17, 15) is 4.79 Å². The van der Waals surface area contributed by atoms with Gasteiger partial charge < -0.3 is 19.1 Å². The molecule has 5 nitrogen and oxygen atoms in total. The molecule has 0 spiro atoms. The first-order valence-electron chi connectivity index (χ1n) is 8.83. The molecule has 1 fully saturated rings. The van der Waals surface area contributed by atoms with Crippen molar-refractivity contribution >= 4 is 5.91 Å². The molecule has 0 aromatic heterocycles. The maximum Gasteiger partial charge on any atom is 0.261 e. The lowest BCUT2D eigenvalue weighted by Gasteiger charge is -2.25. The number of ether oxygens (including phenoxy) is 3. The summed E-state index contributed by atoms with van der Waals surface area (Å²) < 4.78 is 16.4. The van der Waals surface area contributed by atoms with E-state index in [0.717, 1.165) is 36.3 Å². The predicted molar refractivity (Wildman–Crippen MR) is 99.9 cm³/mol. The molecule has 2 aromatic carbocycles. The Morgan fingerprint density at radius 3 is 2.73 bits per heavy atom. The molecule has 1 heterocycles. The first-order chi connectivity index (χ1) is 12.6. The van der Waals surface area contributed by atoms with Gasteiger partial charge in [-0.2, -0.15) is 0 Å². The summed E-state index contributed by atoms with van der Waals surface area (Å²) in [6.45, 7) is 2.73. The van der Waals surface area contributed by atoms with Crippen molar-refractivity contribution in [2.45, 2.75) is 25.8 Å². The molecule has 138 valence electrons. The molecule has 2 aromatic rings. The van der Waals surface area contributed by atoms with Crippen LogP contribution in [0.15, 0.2) is 42.5 Å². The van der Waals surface area contributed by atoms with E-state index in [1.54, 1.807) is 14.2 Å². The van der Waals surface area contributed by atoms with Gasteiger partial charge in [0, 0.05) is 6.54 Å². The third-order valence-electron chi connectivity index (χ3n) is 4.72. The van der Waals surface area contributed by atoms with Crippen molar-refractivity contribution in [2.75, 3.05) is 27.4 Å². The van der Waals surface area contributed by atoms with Crippen molar-refractivity contribution in [3.63, 3.8) is 0 Å². The largest absolute Gasteiger partial charge is 0.497 e. The molecule has 0 bridgehead atoms. The molecule has 26 heavy (non-hydrogen) atoms. The average Bonchev–Trinajstić information content (AvgIpc) is 3.16. The highest BCUT2D eigenvalue weighted by molar-refractivity contribution is 5.78. The number of benzene rings is 2. The van der Waals surface area contributed by atoms with E-state index in [-0.39, 0.29) is 18.6 Å². The lowest BCUT2D eigenvalue weighted by Crippen LogP contribution is -2.34. The van der Waals surface area contributed by atoms with Gasteiger partial charge in [-0.25, -0.2) is 0 Å². The second-order valence-electron chi connectivity index (χ2n) is 6.46. The van der Waals surface area contributed by atoms with Crippen molar-refractivity contribution in [1.82, 2.24) is 4.90 Å². The highest BCUT2D eigenvalue weighted by Crippen LogP contribution is 2.34. The highest BCUT2D eigenvalue weighted by Gasteiger charge is 2.30. The van der Waals surface area contributed by atoms with E-state index in [4.69, 9.17) is 14.2 Å². The zero-order chi connectivity index (χ0) is 18.5. The Kier molecular flexibility index (Phi) is 5.66. The van der Waals surface area contributed by atoms with Crippen molar-refractivity contribution in [3.8, 4) is 17.2 Å². The monoisotopic (exact) mass is 355 g/mol. The maximum atomic E-state index is 12.8. The molecule has 0 saturated carbocycles. The van der Waals surface area contributed by atoms with Crippen LogP contribution in [-0.2, 0) is 4.79 Å². The van der Waals surface area contributed by atoms with Gasteiger partial charge in [-0.1, -0.05) is 18.2 Å². The van der Waals surface area contributed by atoms with E-state index in [2.05, 4.69) is 0 Å². The summed E-state index contributed by atoms with van der Waals surface area (Å²) in [5.41, 5.74) is 2.18. The average molecular weight is 355 g/mol. The first kappa shape index (κ1) is 18.1. The number of rotatable bonds is 6. The van der Waals surface area contributed by atoms with Crippen LogP contribution in [-0.4, -0.2) is 38.2 Å². The minimum atomic E-state index is -0.0158. The van der Waals surface area contributed by atoms with Gasteiger partial charge in [0.15, 0.2) is 18.1 Å². The van der Waals surface area contributed by atoms with Gasteiger partial charge >= 0.3 is 0 Å². The Hall–Kier alpha value is -2.69. The number of carbonyl (C=O) groups excluding carboxylic acids is 1. The zero-order valence-corrected chi connectivity index (χ0v) is 15.5. The van der Waals surface area contributed by atoms with Crippen molar-refractivity contribution in [3.05, 3.63) is 53.6 Å². The van der Waals surface area contributed by atoms with Crippen molar-refractivity contribution < 1.29 is 19.0 Å². The minimum absolute atomic E-state index is 0.000110. The minimum Gasteiger partial charge on any atom is -0.497 e. The summed E-state index contributed by atoms with van der Waals surface area (Å²) >= 11 is 0. The molecular weight excluding hydrogens is 330 g/mol. The molecule has 1 saturated heterocycles. The summed E-state index contributed by atoms with van der Waals surface area (Å²) in [5.74, 6) is 2.02. The maximum absolute atomic E-state index is 12.8. The van der Waals surface area contributed by atoms with Gasteiger partial charge in [0.1, 0.15) is 5.75 Å². The van der Waals surface area contributed by atoms with Crippen LogP contribution < -0.4 is 14.2 Å². The van der Waals surface area contributed by atoms with Gasteiger partial charge in [0.05, 0.1) is 20.3 Å². The number of amides is 1. The lowest BCUT2D eigenvalue weighted by molar-refractivity contribution is -0.134. The van der Waals surface area contributed by atoms with Crippen LogP contribution in [0, 0.1) is 6.92 Å². The number of carbonyl (C=O) groups is 1. The van der Waals surface area contributed by atoms with Gasteiger partial charge in [-0.3, -0.25) is 4.79 Å². The smallest absolute Gasteiger partial charge is 0.261 e. The van der Waals surface area contributed by atoms with Gasteiger partial charge in [-0.15, -0.1) is 0 Å². The van der Waals surface area contributed by atoms with Crippen LogP contribution in [0.2, 0.25) is 0 Å². The van der Waals surface area contributed by atoms with E-state index in [0.29, 0.717) is 11.5 Å². The summed E-state index contributed by atoms with van der Waals surface area (Å²) in [5, 5.41) is 0. The van der Waals surface area contributed by atoms with Crippen LogP contribution in [0.3, 0.4) is 0 Å². The number of hydrogen-bond acceptors (Lipinski definition) is 4. The first-order valence-corrected chi connectivity index (χ1v) is 8.83. The molecule has 3 rings (SSSR count). The van der Waals surface area contributed by atoms with E-state index >= 15 is 0 Å². The van der Waals surface area contributed by atoms with Crippen molar-refractivity contribution in [1.29, 1.82) is 0 Å². The van der Waals surface area contributed by atoms with E-state index in [1.807, 2.05) is 54.3 Å². The van der Waals surface area contributed by atoms with E-state index in [1.165, 1.54) is 0 Å². The number of likely N-dealkylation sites (tertiary alicyclic amines) is 1. The molecule has 0 N–H and O–H groups in total. The molecular formula is C21H25NO4. The van der Waals surface area contributed by atoms with Crippen LogP contribution in [0.25, 0.3) is 0 Å². The Balaban J connectivity index is 1.69. The Bertz CT molecular complexity index is 774. The van der Waals surface area contributed by atoms with Crippen molar-refractivity contribution in [2.24, 2.45) is 0 Å². The SMILES string of the molecule is COc1cccc(C2CCCN2C(=O)COc2ccc(C)cc2OC)c1. The number of aryl methyl sites for hydroxylation is 1. The fourth-order valence-electron chi connectivity index (χ4n) is 3.38. The number of hydrogen-bond donors (Lipinski definition) is 0. The third kappa shape index (κ3) is 3.93. The number of nitrogens with zero attached hydrogens (tertiary/aromatic N) is 1. The topological polar surface area (TPSA) is 48.0 Å². The molecule has 1 aliphatic rings. The lowest BCUT2D eigenvalue weighted by atomic mass is 10.0. The Morgan fingerprint density at radius 2 is 1.96 bits per heavy atom. The molecule has 5 heteroatoms. The number of methoxy groups -OCH3 is 2. The van der Waals surface area contributed by atoms with E-state index < -0.39 is 0 Å². The molecule has 0 aliphatic carbocycles. The van der Waals surface area contributed by atoms with Crippen LogP contribution >= 0.6 is 0 Å². The second-order valence-corrected chi connectivity index (χ2v) is 6.46. The Labute approximate surface area is 154 Å². The fourth-order valence-corrected chi connectivity index (χ4v) is 3.38. The quantitative estimate of drug-likeness (QED) is 0.792. The second kappa shape index (κ2) is 8.13. The normalized spacial score (nSPS) is 16.4. The molecule has 1 amide bonds. The zero-order valence-electron chi connectivity index (χ0n) is 15.5. The summed E-state index contributed by atoms with van der Waals surface area (Å²) in [6.07, 6.45) is 1.94. The van der Waals surface area contributed by atoms with Gasteiger partial charge in [-0.05, 0) is 55.2 Å². The predicted octanol–water partition coefficient (Wildman–Crippen LogP) is 3.75. The molecule has 1 unspecified atom stereocenters. The third-order valence-corrected chi connectivity index (χ3v) is 4.72. The van der Waals surface area contributed by atoms with Crippen LogP contribution in [0.5, 0.6) is 17.2 Å².